The third kappa shape index (κ3) is 3.10. The Morgan fingerprint density at radius 1 is 1.39 bits per heavy atom. The average molecular weight is 314 g/mol. The van der Waals surface area contributed by atoms with Gasteiger partial charge < -0.3 is 10.8 Å². The lowest BCUT2D eigenvalue weighted by molar-refractivity contribution is -0.151. The SMILES string of the molecule is C[C@H](c1ccc(Br)cc1)[C@](C)(CC(N)=O)C(=O)O. The maximum atomic E-state index is 11.4. The molecule has 1 aromatic rings. The topological polar surface area (TPSA) is 80.4 Å². The van der Waals surface area contributed by atoms with E-state index in [-0.39, 0.29) is 12.3 Å². The molecule has 0 saturated carbocycles. The maximum absolute atomic E-state index is 11.4. The van der Waals surface area contributed by atoms with E-state index in [1.54, 1.807) is 13.8 Å². The molecule has 0 aliphatic rings. The van der Waals surface area contributed by atoms with E-state index in [2.05, 4.69) is 15.9 Å². The van der Waals surface area contributed by atoms with Crippen molar-refractivity contribution in [2.75, 3.05) is 0 Å². The van der Waals surface area contributed by atoms with Crippen LogP contribution in [0.5, 0.6) is 0 Å². The molecule has 0 bridgehead atoms. The molecule has 0 spiro atoms. The Morgan fingerprint density at radius 2 is 1.89 bits per heavy atom. The molecule has 0 unspecified atom stereocenters. The van der Waals surface area contributed by atoms with Crippen molar-refractivity contribution in [1.29, 1.82) is 0 Å². The fourth-order valence-electron chi connectivity index (χ4n) is 1.90. The highest BCUT2D eigenvalue weighted by molar-refractivity contribution is 9.10. The number of amides is 1. The van der Waals surface area contributed by atoms with Crippen LogP contribution in [0.4, 0.5) is 0 Å². The first-order valence-electron chi connectivity index (χ1n) is 5.54. The van der Waals surface area contributed by atoms with Gasteiger partial charge in [0.1, 0.15) is 0 Å². The minimum Gasteiger partial charge on any atom is -0.481 e. The Labute approximate surface area is 114 Å². The quantitative estimate of drug-likeness (QED) is 0.876. The van der Waals surface area contributed by atoms with E-state index in [1.807, 2.05) is 24.3 Å². The number of primary amides is 1. The van der Waals surface area contributed by atoms with Crippen molar-refractivity contribution in [2.24, 2.45) is 11.1 Å². The van der Waals surface area contributed by atoms with Gasteiger partial charge in [0.15, 0.2) is 0 Å². The number of carbonyl (C=O) groups excluding carboxylic acids is 1. The number of carboxylic acid groups (broad SMARTS) is 1. The van der Waals surface area contributed by atoms with Crippen molar-refractivity contribution in [2.45, 2.75) is 26.2 Å². The molecular formula is C13H16BrNO3. The fraction of sp³-hybridized carbons (Fsp3) is 0.385. The Kier molecular flexibility index (Phi) is 4.51. The molecule has 98 valence electrons. The van der Waals surface area contributed by atoms with Gasteiger partial charge in [0, 0.05) is 10.9 Å². The van der Waals surface area contributed by atoms with Gasteiger partial charge in [-0.15, -0.1) is 0 Å². The van der Waals surface area contributed by atoms with Crippen LogP contribution in [0.3, 0.4) is 0 Å². The van der Waals surface area contributed by atoms with Crippen molar-refractivity contribution in [3.8, 4) is 0 Å². The van der Waals surface area contributed by atoms with Crippen molar-refractivity contribution >= 4 is 27.8 Å². The second kappa shape index (κ2) is 5.52. The molecule has 0 aliphatic heterocycles. The lowest BCUT2D eigenvalue weighted by Gasteiger charge is -2.30. The Balaban J connectivity index is 3.10. The fourth-order valence-corrected chi connectivity index (χ4v) is 2.16. The first kappa shape index (κ1) is 14.7. The summed E-state index contributed by atoms with van der Waals surface area (Å²) in [5.74, 6) is -1.93. The molecule has 3 N–H and O–H groups in total. The largest absolute Gasteiger partial charge is 0.481 e. The standard InChI is InChI=1S/C13H16BrNO3/c1-8(9-3-5-10(14)6-4-9)13(2,12(17)18)7-11(15)16/h3-6,8H,7H2,1-2H3,(H2,15,16)(H,17,18)/t8-,13+/m1/s1. The monoisotopic (exact) mass is 313 g/mol. The van der Waals surface area contributed by atoms with Crippen LogP contribution in [-0.4, -0.2) is 17.0 Å². The third-order valence-corrected chi connectivity index (χ3v) is 3.88. The van der Waals surface area contributed by atoms with E-state index in [4.69, 9.17) is 5.73 Å². The summed E-state index contributed by atoms with van der Waals surface area (Å²) in [6, 6.07) is 7.38. The molecule has 1 amide bonds. The van der Waals surface area contributed by atoms with Crippen LogP contribution in [-0.2, 0) is 9.59 Å². The minimum absolute atomic E-state index is 0.181. The molecule has 4 nitrogen and oxygen atoms in total. The Hall–Kier alpha value is -1.36. The Morgan fingerprint density at radius 3 is 2.28 bits per heavy atom. The van der Waals surface area contributed by atoms with Crippen molar-refractivity contribution in [1.82, 2.24) is 0 Å². The predicted octanol–water partition coefficient (Wildman–Crippen LogP) is 2.52. The third-order valence-electron chi connectivity index (χ3n) is 3.36. The molecule has 1 aromatic carbocycles. The molecule has 2 atom stereocenters. The van der Waals surface area contributed by atoms with E-state index in [9.17, 15) is 14.7 Å². The first-order valence-corrected chi connectivity index (χ1v) is 6.34. The molecule has 0 saturated heterocycles. The molecule has 0 radical (unpaired) electrons. The second-order valence-electron chi connectivity index (χ2n) is 4.64. The van der Waals surface area contributed by atoms with Gasteiger partial charge in [-0.05, 0) is 30.5 Å². The lowest BCUT2D eigenvalue weighted by atomic mass is 9.72. The van der Waals surface area contributed by atoms with Crippen LogP contribution in [0.15, 0.2) is 28.7 Å². The normalized spacial score (nSPS) is 15.7. The number of nitrogens with two attached hydrogens (primary N) is 1. The minimum atomic E-state index is -1.19. The van der Waals surface area contributed by atoms with Crippen LogP contribution >= 0.6 is 15.9 Å². The average Bonchev–Trinajstić information content (AvgIpc) is 2.27. The van der Waals surface area contributed by atoms with Crippen LogP contribution < -0.4 is 5.73 Å². The molecule has 1 rings (SSSR count). The zero-order valence-corrected chi connectivity index (χ0v) is 11.9. The van der Waals surface area contributed by atoms with Gasteiger partial charge >= 0.3 is 5.97 Å². The molecule has 0 aromatic heterocycles. The molecule has 18 heavy (non-hydrogen) atoms. The van der Waals surface area contributed by atoms with Crippen molar-refractivity contribution in [3.63, 3.8) is 0 Å². The highest BCUT2D eigenvalue weighted by atomic mass is 79.9. The maximum Gasteiger partial charge on any atom is 0.310 e. The zero-order valence-electron chi connectivity index (χ0n) is 10.3. The highest BCUT2D eigenvalue weighted by Gasteiger charge is 2.41. The molecule has 0 fully saturated rings. The van der Waals surface area contributed by atoms with Gasteiger partial charge in [0.05, 0.1) is 5.41 Å². The highest BCUT2D eigenvalue weighted by Crippen LogP contribution is 2.39. The van der Waals surface area contributed by atoms with Crippen LogP contribution in [0, 0.1) is 5.41 Å². The number of benzene rings is 1. The lowest BCUT2D eigenvalue weighted by Crippen LogP contribution is -2.37. The van der Waals surface area contributed by atoms with Gasteiger partial charge in [-0.1, -0.05) is 35.0 Å². The van der Waals surface area contributed by atoms with Crippen LogP contribution in [0.1, 0.15) is 31.7 Å². The number of aliphatic carboxylic acids is 1. The molecule has 5 heteroatoms. The summed E-state index contributed by atoms with van der Waals surface area (Å²) < 4.78 is 0.922. The van der Waals surface area contributed by atoms with Gasteiger partial charge in [-0.2, -0.15) is 0 Å². The van der Waals surface area contributed by atoms with Crippen LogP contribution in [0.2, 0.25) is 0 Å². The number of carboxylic acids is 1. The molecule has 0 heterocycles. The van der Waals surface area contributed by atoms with Gasteiger partial charge in [-0.25, -0.2) is 0 Å². The number of hydrogen-bond acceptors (Lipinski definition) is 2. The Bertz CT molecular complexity index is 458. The van der Waals surface area contributed by atoms with E-state index >= 15 is 0 Å². The zero-order chi connectivity index (χ0) is 13.9. The van der Waals surface area contributed by atoms with Gasteiger partial charge in [0.25, 0.3) is 0 Å². The predicted molar refractivity (Wildman–Crippen MR) is 72.1 cm³/mol. The summed E-state index contributed by atoms with van der Waals surface area (Å²) in [5, 5.41) is 9.35. The summed E-state index contributed by atoms with van der Waals surface area (Å²) in [6.45, 7) is 3.34. The van der Waals surface area contributed by atoms with E-state index < -0.39 is 17.3 Å². The molecule has 0 aliphatic carbocycles. The summed E-state index contributed by atoms with van der Waals surface area (Å²) in [5.41, 5.74) is 4.82. The molecular weight excluding hydrogens is 298 g/mol. The summed E-state index contributed by atoms with van der Waals surface area (Å²) in [6.07, 6.45) is -0.181. The van der Waals surface area contributed by atoms with Gasteiger partial charge in [-0.3, -0.25) is 9.59 Å². The first-order chi connectivity index (χ1) is 8.27. The summed E-state index contributed by atoms with van der Waals surface area (Å²) in [4.78, 5) is 22.5. The smallest absolute Gasteiger partial charge is 0.310 e. The van der Waals surface area contributed by atoms with Crippen molar-refractivity contribution < 1.29 is 14.7 Å². The van der Waals surface area contributed by atoms with E-state index in [0.29, 0.717) is 0 Å². The number of rotatable bonds is 5. The number of hydrogen-bond donors (Lipinski definition) is 2. The second-order valence-corrected chi connectivity index (χ2v) is 5.55. The van der Waals surface area contributed by atoms with E-state index in [0.717, 1.165) is 10.0 Å². The van der Waals surface area contributed by atoms with Crippen molar-refractivity contribution in [3.05, 3.63) is 34.3 Å². The summed E-state index contributed by atoms with van der Waals surface area (Å²) >= 11 is 3.32. The number of halogens is 1. The van der Waals surface area contributed by atoms with Gasteiger partial charge in [0.2, 0.25) is 5.91 Å². The summed E-state index contributed by atoms with van der Waals surface area (Å²) in [7, 11) is 0. The number of carbonyl (C=O) groups is 2. The van der Waals surface area contributed by atoms with E-state index in [1.165, 1.54) is 0 Å². The van der Waals surface area contributed by atoms with Crippen LogP contribution in [0.25, 0.3) is 0 Å².